The molecule has 35 heavy (non-hydrogen) atoms. The fraction of sp³-hybridized carbons (Fsp3) is 0.259. The molecule has 180 valence electrons. The summed E-state index contributed by atoms with van der Waals surface area (Å²) < 4.78 is 25.9. The van der Waals surface area contributed by atoms with Gasteiger partial charge in [-0.05, 0) is 52.5 Å². The number of ether oxygens (including phenoxy) is 1. The highest BCUT2D eigenvalue weighted by atomic mass is 35.5. The van der Waals surface area contributed by atoms with Crippen LogP contribution in [0.25, 0.3) is 32.8 Å². The van der Waals surface area contributed by atoms with E-state index in [0.29, 0.717) is 71.0 Å². The van der Waals surface area contributed by atoms with Gasteiger partial charge in [-0.25, -0.2) is 4.39 Å². The van der Waals surface area contributed by atoms with Gasteiger partial charge in [-0.2, -0.15) is 4.37 Å². The molecule has 0 spiro atoms. The van der Waals surface area contributed by atoms with Crippen LogP contribution in [-0.2, 0) is 4.79 Å². The summed E-state index contributed by atoms with van der Waals surface area (Å²) in [6.45, 7) is 8.25. The highest BCUT2D eigenvalue weighted by molar-refractivity contribution is 7.11. The number of hydrogen-bond donors (Lipinski definition) is 0. The number of anilines is 1. The van der Waals surface area contributed by atoms with E-state index in [2.05, 4.69) is 15.9 Å². The van der Waals surface area contributed by atoms with E-state index in [1.165, 1.54) is 11.5 Å². The molecule has 3 aromatic carbocycles. The monoisotopic (exact) mass is 509 g/mol. The smallest absolute Gasteiger partial charge is 0.249 e. The first-order valence-corrected chi connectivity index (χ1v) is 12.6. The molecule has 0 saturated carbocycles. The quantitative estimate of drug-likeness (QED) is 0.287. The molecular weight excluding hydrogens is 485 g/mol. The van der Waals surface area contributed by atoms with Gasteiger partial charge in [0.2, 0.25) is 5.91 Å². The number of carbonyl (C=O) groups excluding carboxylic acids is 1. The van der Waals surface area contributed by atoms with Gasteiger partial charge in [-0.3, -0.25) is 4.79 Å². The molecule has 0 atom stereocenters. The Labute approximate surface area is 212 Å². The Morgan fingerprint density at radius 2 is 1.91 bits per heavy atom. The number of halogens is 2. The number of carbonyl (C=O) groups is 1. The van der Waals surface area contributed by atoms with Gasteiger partial charge in [0.1, 0.15) is 16.3 Å². The maximum Gasteiger partial charge on any atom is 0.249 e. The standard InChI is InChI=1S/C27H25ClFN3O2S/c1-4-16(2)26(33)31-9-11-32(12-10-31)27-21-15-22(28)23(24(29)25(21)30-35-27)20-14-18(34-3)13-17-7-5-6-8-19(17)20/h5-8,13-15H,2,4,9-12H2,1,3H3. The zero-order valence-corrected chi connectivity index (χ0v) is 21.2. The molecule has 0 bridgehead atoms. The number of methoxy groups -OCH3 is 1. The minimum atomic E-state index is -0.443. The van der Waals surface area contributed by atoms with Crippen LogP contribution in [0.3, 0.4) is 0 Å². The Morgan fingerprint density at radius 1 is 1.17 bits per heavy atom. The van der Waals surface area contributed by atoms with E-state index in [4.69, 9.17) is 16.3 Å². The Balaban J connectivity index is 1.53. The van der Waals surface area contributed by atoms with E-state index < -0.39 is 5.82 Å². The summed E-state index contributed by atoms with van der Waals surface area (Å²) >= 11 is 8.00. The summed E-state index contributed by atoms with van der Waals surface area (Å²) in [5, 5.41) is 3.70. The van der Waals surface area contributed by atoms with Gasteiger partial charge in [0.25, 0.3) is 0 Å². The minimum absolute atomic E-state index is 0.00515. The Hall–Kier alpha value is -3.16. The lowest BCUT2D eigenvalue weighted by Crippen LogP contribution is -2.49. The van der Waals surface area contributed by atoms with Crippen LogP contribution in [0.2, 0.25) is 5.02 Å². The largest absolute Gasteiger partial charge is 0.497 e. The SMILES string of the molecule is C=C(CC)C(=O)N1CCN(c2snc3c(F)c(-c4cc(OC)cc5ccccc45)c(Cl)cc23)CC1. The average molecular weight is 510 g/mol. The van der Waals surface area contributed by atoms with Crippen molar-refractivity contribution < 1.29 is 13.9 Å². The number of rotatable bonds is 5. The third-order valence-electron chi connectivity index (χ3n) is 6.57. The number of piperazine rings is 1. The Morgan fingerprint density at radius 3 is 2.63 bits per heavy atom. The number of benzene rings is 3. The lowest BCUT2D eigenvalue weighted by molar-refractivity contribution is -0.127. The van der Waals surface area contributed by atoms with Crippen molar-refractivity contribution in [2.24, 2.45) is 0 Å². The van der Waals surface area contributed by atoms with Crippen LogP contribution in [-0.4, -0.2) is 48.5 Å². The lowest BCUT2D eigenvalue weighted by atomic mass is 9.96. The van der Waals surface area contributed by atoms with Crippen LogP contribution in [0.1, 0.15) is 13.3 Å². The molecule has 0 radical (unpaired) electrons. The lowest BCUT2D eigenvalue weighted by Gasteiger charge is -2.35. The molecule has 1 aliphatic heterocycles. The molecule has 4 aromatic rings. The molecule has 1 amide bonds. The van der Waals surface area contributed by atoms with Crippen molar-refractivity contribution in [3.8, 4) is 16.9 Å². The summed E-state index contributed by atoms with van der Waals surface area (Å²) in [4.78, 5) is 16.4. The van der Waals surface area contributed by atoms with Crippen molar-refractivity contribution in [3.63, 3.8) is 0 Å². The maximum atomic E-state index is 16.0. The van der Waals surface area contributed by atoms with Crippen LogP contribution in [0.5, 0.6) is 5.75 Å². The third kappa shape index (κ3) is 4.13. The number of hydrogen-bond acceptors (Lipinski definition) is 5. The summed E-state index contributed by atoms with van der Waals surface area (Å²) in [5.41, 5.74) is 1.91. The van der Waals surface area contributed by atoms with Crippen molar-refractivity contribution in [2.75, 3.05) is 38.2 Å². The molecule has 2 heterocycles. The molecule has 1 aliphatic rings. The van der Waals surface area contributed by atoms with Crippen LogP contribution in [0, 0.1) is 5.82 Å². The van der Waals surface area contributed by atoms with Crippen molar-refractivity contribution >= 4 is 55.7 Å². The van der Waals surface area contributed by atoms with Crippen LogP contribution in [0.15, 0.2) is 54.6 Å². The molecule has 0 N–H and O–H groups in total. The molecule has 0 aliphatic carbocycles. The van der Waals surface area contributed by atoms with Gasteiger partial charge in [-0.15, -0.1) is 0 Å². The molecule has 1 fully saturated rings. The number of amides is 1. The number of nitrogens with zero attached hydrogens (tertiary/aromatic N) is 3. The molecular formula is C27H25ClFN3O2S. The van der Waals surface area contributed by atoms with Gasteiger partial charge in [-0.1, -0.05) is 49.4 Å². The Bertz CT molecular complexity index is 1460. The first-order valence-electron chi connectivity index (χ1n) is 11.5. The van der Waals surface area contributed by atoms with Gasteiger partial charge < -0.3 is 14.5 Å². The van der Waals surface area contributed by atoms with Gasteiger partial charge in [0, 0.05) is 42.7 Å². The summed E-state index contributed by atoms with van der Waals surface area (Å²) in [5.74, 6) is 0.193. The van der Waals surface area contributed by atoms with Crippen molar-refractivity contribution in [3.05, 3.63) is 65.5 Å². The molecule has 5 rings (SSSR count). The summed E-state index contributed by atoms with van der Waals surface area (Å²) in [6, 6.07) is 13.3. The molecule has 8 heteroatoms. The van der Waals surface area contributed by atoms with E-state index in [0.717, 1.165) is 15.8 Å². The van der Waals surface area contributed by atoms with Crippen LogP contribution in [0.4, 0.5) is 9.39 Å². The summed E-state index contributed by atoms with van der Waals surface area (Å²) in [6.07, 6.45) is 0.640. The van der Waals surface area contributed by atoms with Crippen molar-refractivity contribution in [1.29, 1.82) is 0 Å². The van der Waals surface area contributed by atoms with Gasteiger partial charge in [0.05, 0.1) is 12.1 Å². The summed E-state index contributed by atoms with van der Waals surface area (Å²) in [7, 11) is 1.59. The first kappa shape index (κ1) is 23.6. The minimum Gasteiger partial charge on any atom is -0.497 e. The van der Waals surface area contributed by atoms with Crippen molar-refractivity contribution in [1.82, 2.24) is 9.27 Å². The average Bonchev–Trinajstić information content (AvgIpc) is 3.31. The molecule has 1 aromatic heterocycles. The second-order valence-electron chi connectivity index (χ2n) is 8.56. The fourth-order valence-electron chi connectivity index (χ4n) is 4.57. The second kappa shape index (κ2) is 9.47. The third-order valence-corrected chi connectivity index (χ3v) is 7.79. The first-order chi connectivity index (χ1) is 16.9. The van der Waals surface area contributed by atoms with E-state index in [1.54, 1.807) is 13.2 Å². The van der Waals surface area contributed by atoms with E-state index in [-0.39, 0.29) is 5.91 Å². The van der Waals surface area contributed by atoms with Crippen LogP contribution >= 0.6 is 23.1 Å². The predicted molar refractivity (Wildman–Crippen MR) is 142 cm³/mol. The zero-order chi connectivity index (χ0) is 24.7. The highest BCUT2D eigenvalue weighted by Crippen LogP contribution is 2.44. The van der Waals surface area contributed by atoms with E-state index in [9.17, 15) is 4.79 Å². The molecule has 0 unspecified atom stereocenters. The normalized spacial score (nSPS) is 14.1. The maximum absolute atomic E-state index is 16.0. The molecule has 1 saturated heterocycles. The van der Waals surface area contributed by atoms with E-state index >= 15 is 4.39 Å². The van der Waals surface area contributed by atoms with Crippen LogP contribution < -0.4 is 9.64 Å². The Kier molecular flexibility index (Phi) is 6.38. The van der Waals surface area contributed by atoms with Crippen molar-refractivity contribution in [2.45, 2.75) is 13.3 Å². The topological polar surface area (TPSA) is 45.7 Å². The van der Waals surface area contributed by atoms with E-state index in [1.807, 2.05) is 48.2 Å². The predicted octanol–water partition coefficient (Wildman–Crippen LogP) is 6.53. The fourth-order valence-corrected chi connectivity index (χ4v) is 5.77. The van der Waals surface area contributed by atoms with Gasteiger partial charge in [0.15, 0.2) is 5.82 Å². The number of aromatic nitrogens is 1. The highest BCUT2D eigenvalue weighted by Gasteiger charge is 2.27. The number of fused-ring (bicyclic) bond motifs is 2. The molecule has 5 nitrogen and oxygen atoms in total. The second-order valence-corrected chi connectivity index (χ2v) is 9.72. The zero-order valence-electron chi connectivity index (χ0n) is 19.6. The van der Waals surface area contributed by atoms with Gasteiger partial charge >= 0.3 is 0 Å².